The maximum atomic E-state index is 13.3. The highest BCUT2D eigenvalue weighted by Gasteiger charge is 2.41. The average molecular weight is 558 g/mol. The Morgan fingerprint density at radius 1 is 0.714 bits per heavy atom. The zero-order valence-corrected chi connectivity index (χ0v) is 23.7. The quantitative estimate of drug-likeness (QED) is 0.268. The number of carbonyl (C=O) groups excluding carboxylic acids is 2. The molecule has 4 aromatic carbocycles. The Bertz CT molecular complexity index is 1560. The van der Waals surface area contributed by atoms with Crippen LogP contribution in [0.5, 0.6) is 0 Å². The number of anilines is 1. The van der Waals surface area contributed by atoms with Crippen molar-refractivity contribution < 1.29 is 14.3 Å². The fraction of sp³-hybridized carbons (Fsp3) is 0.278. The number of fused-ring (bicyclic) bond motifs is 5. The van der Waals surface area contributed by atoms with Gasteiger partial charge in [-0.25, -0.2) is 4.79 Å². The van der Waals surface area contributed by atoms with Crippen molar-refractivity contribution in [2.45, 2.75) is 31.4 Å². The Labute approximate surface area is 247 Å². The smallest absolute Gasteiger partial charge is 0.410 e. The summed E-state index contributed by atoms with van der Waals surface area (Å²) < 4.78 is 5.72. The number of hydrogen-bond donors (Lipinski definition) is 0. The van der Waals surface area contributed by atoms with Crippen molar-refractivity contribution in [1.82, 2.24) is 9.80 Å². The summed E-state index contributed by atoms with van der Waals surface area (Å²) in [6.07, 6.45) is 1.70. The molecule has 2 bridgehead atoms. The van der Waals surface area contributed by atoms with Crippen molar-refractivity contribution in [2.24, 2.45) is 0 Å². The van der Waals surface area contributed by atoms with E-state index in [2.05, 4.69) is 35.2 Å². The molecule has 7 rings (SSSR count). The third-order valence-electron chi connectivity index (χ3n) is 9.08. The van der Waals surface area contributed by atoms with Gasteiger partial charge in [0.25, 0.3) is 5.91 Å². The van der Waals surface area contributed by atoms with Crippen LogP contribution in [-0.4, -0.2) is 54.5 Å². The fourth-order valence-corrected chi connectivity index (χ4v) is 6.77. The maximum absolute atomic E-state index is 13.3. The topological polar surface area (TPSA) is 53.1 Å². The lowest BCUT2D eigenvalue weighted by molar-refractivity contribution is 0.0694. The van der Waals surface area contributed by atoms with Gasteiger partial charge in [0.05, 0.1) is 6.04 Å². The molecule has 2 saturated heterocycles. The minimum absolute atomic E-state index is 0.0590. The van der Waals surface area contributed by atoms with E-state index in [0.717, 1.165) is 54.7 Å². The Kier molecular flexibility index (Phi) is 7.12. The van der Waals surface area contributed by atoms with Gasteiger partial charge in [-0.3, -0.25) is 4.79 Å². The SMILES string of the molecule is O=C(c1ccc(-c2ccccc2)cc1)N1CCN(c2ccc3c(c2)[C@H]2CC3CCN2C(=O)OCc2ccccc2)CC1. The minimum atomic E-state index is -0.232. The van der Waals surface area contributed by atoms with E-state index in [0.29, 0.717) is 25.6 Å². The van der Waals surface area contributed by atoms with Gasteiger partial charge in [0.15, 0.2) is 0 Å². The number of piperidine rings is 1. The van der Waals surface area contributed by atoms with Crippen LogP contribution in [0.15, 0.2) is 103 Å². The first-order chi connectivity index (χ1) is 20.6. The molecule has 2 amide bonds. The number of ether oxygens (including phenoxy) is 1. The Morgan fingerprint density at radius 3 is 2.14 bits per heavy atom. The van der Waals surface area contributed by atoms with Crippen molar-refractivity contribution in [3.05, 3.63) is 125 Å². The van der Waals surface area contributed by atoms with E-state index in [4.69, 9.17) is 4.74 Å². The van der Waals surface area contributed by atoms with Crippen molar-refractivity contribution >= 4 is 17.7 Å². The largest absolute Gasteiger partial charge is 0.445 e. The molecule has 0 N–H and O–H groups in total. The molecule has 2 aliphatic heterocycles. The van der Waals surface area contributed by atoms with Gasteiger partial charge in [-0.15, -0.1) is 0 Å². The molecule has 0 aromatic heterocycles. The van der Waals surface area contributed by atoms with Crippen LogP contribution in [0.3, 0.4) is 0 Å². The minimum Gasteiger partial charge on any atom is -0.445 e. The van der Waals surface area contributed by atoms with Gasteiger partial charge < -0.3 is 19.4 Å². The lowest BCUT2D eigenvalue weighted by atomic mass is 9.96. The predicted octanol–water partition coefficient (Wildman–Crippen LogP) is 6.89. The summed E-state index contributed by atoms with van der Waals surface area (Å²) in [7, 11) is 0. The number of amides is 2. The number of nitrogens with zero attached hydrogens (tertiary/aromatic N) is 3. The van der Waals surface area contributed by atoms with Gasteiger partial charge in [-0.2, -0.15) is 0 Å². The van der Waals surface area contributed by atoms with Crippen LogP contribution in [-0.2, 0) is 11.3 Å². The summed E-state index contributed by atoms with van der Waals surface area (Å²) in [5.74, 6) is 0.585. The van der Waals surface area contributed by atoms with Crippen LogP contribution in [0.2, 0.25) is 0 Å². The van der Waals surface area contributed by atoms with Crippen LogP contribution in [0, 0.1) is 0 Å². The molecular formula is C36H35N3O3. The molecule has 1 unspecified atom stereocenters. The highest BCUT2D eigenvalue weighted by Crippen LogP contribution is 2.50. The summed E-state index contributed by atoms with van der Waals surface area (Å²) in [6, 6.07) is 34.8. The average Bonchev–Trinajstić information content (AvgIpc) is 3.34. The first-order valence-electron chi connectivity index (χ1n) is 14.9. The molecule has 2 heterocycles. The molecule has 2 fully saturated rings. The van der Waals surface area contributed by atoms with Gasteiger partial charge in [0, 0.05) is 44.0 Å². The molecule has 3 aliphatic rings. The molecule has 6 nitrogen and oxygen atoms in total. The zero-order valence-electron chi connectivity index (χ0n) is 23.7. The standard InChI is InChI=1S/C36H35N3O3/c40-35(29-13-11-28(12-14-29)27-9-5-2-6-10-27)38-21-19-37(20-22-38)31-15-16-32-30-17-18-39(34(23-30)33(32)24-31)36(41)42-25-26-7-3-1-4-8-26/h1-16,24,30,34H,17-23,25H2/t30?,34-/m1/s1. The third-order valence-corrected chi connectivity index (χ3v) is 9.08. The van der Waals surface area contributed by atoms with Gasteiger partial charge in [0.1, 0.15) is 6.61 Å². The zero-order chi connectivity index (χ0) is 28.5. The monoisotopic (exact) mass is 557 g/mol. The Balaban J connectivity index is 0.993. The van der Waals surface area contributed by atoms with E-state index >= 15 is 0 Å². The molecule has 0 saturated carbocycles. The molecular weight excluding hydrogens is 522 g/mol. The van der Waals surface area contributed by atoms with Crippen LogP contribution >= 0.6 is 0 Å². The normalized spacial score (nSPS) is 19.4. The second kappa shape index (κ2) is 11.4. The van der Waals surface area contributed by atoms with Crippen molar-refractivity contribution in [1.29, 1.82) is 0 Å². The van der Waals surface area contributed by atoms with Crippen LogP contribution in [0.25, 0.3) is 11.1 Å². The van der Waals surface area contributed by atoms with Crippen molar-refractivity contribution in [2.75, 3.05) is 37.6 Å². The maximum Gasteiger partial charge on any atom is 0.410 e. The lowest BCUT2D eigenvalue weighted by Gasteiger charge is -2.36. The molecule has 42 heavy (non-hydrogen) atoms. The van der Waals surface area contributed by atoms with Crippen LogP contribution in [0.4, 0.5) is 10.5 Å². The second-order valence-electron chi connectivity index (χ2n) is 11.5. The van der Waals surface area contributed by atoms with E-state index < -0.39 is 0 Å². The molecule has 0 radical (unpaired) electrons. The number of piperazine rings is 1. The van der Waals surface area contributed by atoms with E-state index in [1.54, 1.807) is 0 Å². The first kappa shape index (κ1) is 26.3. The molecule has 2 atom stereocenters. The molecule has 6 heteroatoms. The number of rotatable bonds is 5. The highest BCUT2D eigenvalue weighted by atomic mass is 16.6. The van der Waals surface area contributed by atoms with Crippen LogP contribution < -0.4 is 4.90 Å². The first-order valence-corrected chi connectivity index (χ1v) is 14.9. The second-order valence-corrected chi connectivity index (χ2v) is 11.5. The highest BCUT2D eigenvalue weighted by molar-refractivity contribution is 5.95. The van der Waals surface area contributed by atoms with Crippen LogP contribution in [0.1, 0.15) is 51.8 Å². The number of likely N-dealkylation sites (tertiary alicyclic amines) is 1. The molecule has 4 aromatic rings. The summed E-state index contributed by atoms with van der Waals surface area (Å²) in [5, 5.41) is 0. The van der Waals surface area contributed by atoms with Crippen molar-refractivity contribution in [3.63, 3.8) is 0 Å². The van der Waals surface area contributed by atoms with E-state index in [-0.39, 0.29) is 18.0 Å². The van der Waals surface area contributed by atoms with Crippen molar-refractivity contribution in [3.8, 4) is 11.1 Å². The van der Waals surface area contributed by atoms with Gasteiger partial charge in [0.2, 0.25) is 0 Å². The Morgan fingerprint density at radius 2 is 1.40 bits per heavy atom. The van der Waals surface area contributed by atoms with Gasteiger partial charge in [-0.05, 0) is 70.8 Å². The molecule has 212 valence electrons. The molecule has 1 aliphatic carbocycles. The fourth-order valence-electron chi connectivity index (χ4n) is 6.77. The van der Waals surface area contributed by atoms with Gasteiger partial charge >= 0.3 is 6.09 Å². The van der Waals surface area contributed by atoms with E-state index in [1.807, 2.05) is 82.6 Å². The van der Waals surface area contributed by atoms with E-state index in [1.165, 1.54) is 16.8 Å². The third kappa shape index (κ3) is 5.13. The number of hydrogen-bond acceptors (Lipinski definition) is 4. The van der Waals surface area contributed by atoms with Gasteiger partial charge in [-0.1, -0.05) is 78.9 Å². The Hall–Kier alpha value is -4.58. The summed E-state index contributed by atoms with van der Waals surface area (Å²) >= 11 is 0. The summed E-state index contributed by atoms with van der Waals surface area (Å²) in [5.41, 5.74) is 7.78. The summed E-state index contributed by atoms with van der Waals surface area (Å²) in [4.78, 5) is 32.6. The predicted molar refractivity (Wildman–Crippen MR) is 164 cm³/mol. The molecule has 0 spiro atoms. The summed E-state index contributed by atoms with van der Waals surface area (Å²) in [6.45, 7) is 3.94. The number of benzene rings is 4. The van der Waals surface area contributed by atoms with E-state index in [9.17, 15) is 9.59 Å². The number of carbonyl (C=O) groups is 2. The lowest BCUT2D eigenvalue weighted by Crippen LogP contribution is -2.48.